The molecular weight excluding hydrogens is 512 g/mol. The minimum absolute atomic E-state index is 0.186. The van der Waals surface area contributed by atoms with E-state index in [0.29, 0.717) is 55.3 Å². The molecule has 11 heteroatoms. The van der Waals surface area contributed by atoms with Crippen LogP contribution in [0.3, 0.4) is 0 Å². The Morgan fingerprint density at radius 3 is 2.45 bits per heavy atom. The summed E-state index contributed by atoms with van der Waals surface area (Å²) in [5, 5.41) is 35.7. The minimum Gasteiger partial charge on any atom is -0.480 e. The molecule has 3 unspecified atom stereocenters. The molecule has 2 aromatic carbocycles. The predicted molar refractivity (Wildman–Crippen MR) is 145 cm³/mol. The van der Waals surface area contributed by atoms with E-state index < -0.39 is 24.0 Å². The molecule has 2 saturated heterocycles. The van der Waals surface area contributed by atoms with Gasteiger partial charge in [0.2, 0.25) is 5.82 Å². The summed E-state index contributed by atoms with van der Waals surface area (Å²) in [5.41, 5.74) is 0.801. The third-order valence-electron chi connectivity index (χ3n) is 8.72. The van der Waals surface area contributed by atoms with Crippen LogP contribution in [0.15, 0.2) is 54.6 Å². The molecule has 1 aliphatic carbocycles. The van der Waals surface area contributed by atoms with Gasteiger partial charge in [0.25, 0.3) is 0 Å². The Hall–Kier alpha value is -3.83. The molecule has 1 saturated carbocycles. The number of carboxylic acids is 2. The van der Waals surface area contributed by atoms with Gasteiger partial charge in [0.15, 0.2) is 0 Å². The van der Waals surface area contributed by atoms with Crippen LogP contribution < -0.4 is 10.1 Å². The lowest BCUT2D eigenvalue weighted by atomic mass is 9.69. The number of hydrogen-bond donors (Lipinski definition) is 3. The number of tetrazole rings is 1. The first kappa shape index (κ1) is 26.4. The molecule has 3 aromatic rings. The maximum atomic E-state index is 12.2. The zero-order chi connectivity index (χ0) is 27.6. The summed E-state index contributed by atoms with van der Waals surface area (Å²) < 4.78 is 5.86. The van der Waals surface area contributed by atoms with Crippen molar-refractivity contribution in [1.29, 1.82) is 0 Å². The monoisotopic (exact) mass is 546 g/mol. The lowest BCUT2D eigenvalue weighted by Crippen LogP contribution is -2.50. The first-order valence-corrected chi connectivity index (χ1v) is 14.0. The van der Waals surface area contributed by atoms with Gasteiger partial charge in [-0.05, 0) is 98.0 Å². The van der Waals surface area contributed by atoms with Crippen LogP contribution in [0, 0.1) is 17.8 Å². The van der Waals surface area contributed by atoms with Crippen LogP contribution in [0.4, 0.5) is 0 Å². The maximum absolute atomic E-state index is 12.2. The number of para-hydroxylation sites is 1. The van der Waals surface area contributed by atoms with Gasteiger partial charge in [-0.2, -0.15) is 4.80 Å². The Morgan fingerprint density at radius 2 is 1.70 bits per heavy atom. The Morgan fingerprint density at radius 1 is 0.925 bits per heavy atom. The fourth-order valence-corrected chi connectivity index (χ4v) is 6.64. The number of carboxylic acid groups (broad SMARTS) is 2. The van der Waals surface area contributed by atoms with Gasteiger partial charge < -0.3 is 20.3 Å². The smallest absolute Gasteiger partial charge is 0.321 e. The van der Waals surface area contributed by atoms with E-state index in [1.807, 2.05) is 59.5 Å². The van der Waals surface area contributed by atoms with Crippen LogP contribution in [0.1, 0.15) is 38.1 Å². The topological polar surface area (TPSA) is 143 Å². The van der Waals surface area contributed by atoms with Crippen molar-refractivity contribution >= 4 is 11.9 Å². The van der Waals surface area contributed by atoms with Crippen LogP contribution >= 0.6 is 0 Å². The highest BCUT2D eigenvalue weighted by molar-refractivity contribution is 5.74. The summed E-state index contributed by atoms with van der Waals surface area (Å²) in [7, 11) is 0. The molecule has 0 bridgehead atoms. The third kappa shape index (κ3) is 5.71. The van der Waals surface area contributed by atoms with E-state index in [1.54, 1.807) is 4.80 Å². The second-order valence-electron chi connectivity index (χ2n) is 11.3. The number of likely N-dealkylation sites (tertiary alicyclic amines) is 1. The molecular formula is C29H34N6O5. The summed E-state index contributed by atoms with van der Waals surface area (Å²) in [4.78, 5) is 27.3. The second-order valence-corrected chi connectivity index (χ2v) is 11.3. The van der Waals surface area contributed by atoms with Crippen molar-refractivity contribution < 1.29 is 24.5 Å². The van der Waals surface area contributed by atoms with E-state index in [-0.39, 0.29) is 6.04 Å². The average Bonchev–Trinajstić information content (AvgIpc) is 3.62. The minimum atomic E-state index is -0.835. The second kappa shape index (κ2) is 11.3. The highest BCUT2D eigenvalue weighted by atomic mass is 16.5. The number of rotatable bonds is 8. The first-order valence-electron chi connectivity index (χ1n) is 14.0. The molecule has 3 N–H and O–H groups in total. The fourth-order valence-electron chi connectivity index (χ4n) is 6.64. The highest BCUT2D eigenvalue weighted by Crippen LogP contribution is 2.40. The number of aliphatic carboxylic acids is 2. The van der Waals surface area contributed by atoms with Gasteiger partial charge in [0, 0.05) is 18.7 Å². The Bertz CT molecular complexity index is 1330. The lowest BCUT2D eigenvalue weighted by molar-refractivity contribution is -0.143. The van der Waals surface area contributed by atoms with Crippen LogP contribution in [0.5, 0.6) is 11.5 Å². The number of hydrogen-bond acceptors (Lipinski definition) is 8. The van der Waals surface area contributed by atoms with Crippen molar-refractivity contribution in [3.63, 3.8) is 0 Å². The van der Waals surface area contributed by atoms with Crippen molar-refractivity contribution in [2.75, 3.05) is 19.6 Å². The summed E-state index contributed by atoms with van der Waals surface area (Å²) in [6, 6.07) is 15.8. The average molecular weight is 547 g/mol. The molecule has 1 aromatic heterocycles. The molecule has 11 nitrogen and oxygen atoms in total. The molecule has 0 spiro atoms. The molecule has 3 heterocycles. The van der Waals surface area contributed by atoms with Crippen molar-refractivity contribution in [1.82, 2.24) is 30.4 Å². The van der Waals surface area contributed by atoms with Gasteiger partial charge in [-0.15, -0.1) is 10.2 Å². The number of nitrogens with zero attached hydrogens (tertiary/aromatic N) is 5. The number of piperidine rings is 1. The van der Waals surface area contributed by atoms with E-state index in [1.165, 1.54) is 0 Å². The Kier molecular flexibility index (Phi) is 7.48. The van der Waals surface area contributed by atoms with E-state index in [9.17, 15) is 19.8 Å². The van der Waals surface area contributed by atoms with Gasteiger partial charge in [-0.25, -0.2) is 0 Å². The fraction of sp³-hybridized carbons (Fsp3) is 0.483. The first-order chi connectivity index (χ1) is 19.4. The molecule has 3 aliphatic rings. The quantitative estimate of drug-likeness (QED) is 0.385. The number of aromatic nitrogens is 4. The van der Waals surface area contributed by atoms with E-state index in [4.69, 9.17) is 4.74 Å². The zero-order valence-corrected chi connectivity index (χ0v) is 22.2. The molecule has 40 heavy (non-hydrogen) atoms. The number of benzene rings is 2. The normalized spacial score (nSPS) is 28.6. The maximum Gasteiger partial charge on any atom is 0.321 e. The molecule has 6 atom stereocenters. The Balaban J connectivity index is 1.09. The van der Waals surface area contributed by atoms with E-state index in [0.717, 1.165) is 37.1 Å². The molecule has 210 valence electrons. The van der Waals surface area contributed by atoms with Crippen LogP contribution in [-0.4, -0.2) is 79.0 Å². The van der Waals surface area contributed by atoms with E-state index in [2.05, 4.69) is 20.7 Å². The van der Waals surface area contributed by atoms with Gasteiger partial charge in [-0.3, -0.25) is 14.5 Å². The van der Waals surface area contributed by atoms with Crippen LogP contribution in [-0.2, 0) is 9.59 Å². The van der Waals surface area contributed by atoms with Gasteiger partial charge in [0.1, 0.15) is 23.6 Å². The third-order valence-corrected chi connectivity index (χ3v) is 8.72. The lowest BCUT2D eigenvalue weighted by Gasteiger charge is -2.42. The Labute approximate surface area is 232 Å². The number of ether oxygens (including phenoxy) is 1. The molecule has 0 amide bonds. The van der Waals surface area contributed by atoms with Crippen LogP contribution in [0.25, 0.3) is 11.4 Å². The standard InChI is InChI=1S/C29H34N6O5/c36-28(37)25-13-21-12-18(6-7-20(21)15-30-25)16-34-17-22(14-26(34)29(38)39)35-32-27(31-33-35)19-8-10-24(11-9-19)40-23-4-2-1-3-5-23/h1-5,8-11,18,20-22,25-26,30H,6-7,12-17H2,(H,36,37)(H,38,39)/t18?,20-,21?,22-,25?,26-/m0/s1. The van der Waals surface area contributed by atoms with Gasteiger partial charge >= 0.3 is 11.9 Å². The van der Waals surface area contributed by atoms with Crippen molar-refractivity contribution in [2.45, 2.75) is 50.2 Å². The summed E-state index contributed by atoms with van der Waals surface area (Å²) in [6.45, 7) is 1.98. The van der Waals surface area contributed by atoms with Crippen LogP contribution in [0.2, 0.25) is 0 Å². The summed E-state index contributed by atoms with van der Waals surface area (Å²) in [5.74, 6) is 1.54. The molecule has 2 aliphatic heterocycles. The highest BCUT2D eigenvalue weighted by Gasteiger charge is 2.42. The van der Waals surface area contributed by atoms with E-state index >= 15 is 0 Å². The van der Waals surface area contributed by atoms with Crippen molar-refractivity contribution in [3.05, 3.63) is 54.6 Å². The molecule has 6 rings (SSSR count). The van der Waals surface area contributed by atoms with Gasteiger partial charge in [0.05, 0.1) is 6.04 Å². The van der Waals surface area contributed by atoms with Crippen molar-refractivity contribution in [3.8, 4) is 22.9 Å². The summed E-state index contributed by atoms with van der Waals surface area (Å²) >= 11 is 0. The summed E-state index contributed by atoms with van der Waals surface area (Å²) in [6.07, 6.45) is 4.08. The predicted octanol–water partition coefficient (Wildman–Crippen LogP) is 3.31. The number of fused-ring (bicyclic) bond motifs is 1. The zero-order valence-electron chi connectivity index (χ0n) is 22.2. The molecule has 3 fully saturated rings. The largest absolute Gasteiger partial charge is 0.480 e. The van der Waals surface area contributed by atoms with Crippen molar-refractivity contribution in [2.24, 2.45) is 17.8 Å². The van der Waals surface area contributed by atoms with Gasteiger partial charge in [-0.1, -0.05) is 18.2 Å². The molecule has 0 radical (unpaired) electrons. The SMILES string of the molecule is O=C(O)C1CC2CC(CN3C[C@@H](n4nnc(-c5ccc(Oc6ccccc6)cc5)n4)C[C@H]3C(=O)O)CC[C@H]2CN1. The number of nitrogens with one attached hydrogen (secondary N) is 1. The number of carbonyl (C=O) groups is 2.